The van der Waals surface area contributed by atoms with Crippen molar-refractivity contribution in [3.8, 4) is 0 Å². The summed E-state index contributed by atoms with van der Waals surface area (Å²) < 4.78 is 26.9. The van der Waals surface area contributed by atoms with E-state index in [0.29, 0.717) is 12.0 Å². The average molecular weight is 324 g/mol. The third kappa shape index (κ3) is 3.87. The minimum absolute atomic E-state index is 0.194. The Bertz CT molecular complexity index is 740. The first kappa shape index (κ1) is 15.6. The quantitative estimate of drug-likeness (QED) is 0.685. The molecule has 0 unspecified atom stereocenters. The maximum absolute atomic E-state index is 12.2. The number of nitrogens with one attached hydrogen (secondary N) is 2. The first-order valence-corrected chi connectivity index (χ1v) is 8.17. The van der Waals surface area contributed by atoms with Crippen LogP contribution in [-0.4, -0.2) is 29.9 Å². The lowest BCUT2D eigenvalue weighted by atomic mass is 10.1. The Kier molecular flexibility index (Phi) is 4.71. The molecular weight excluding hydrogens is 308 g/mol. The molecule has 8 heteroatoms. The molecule has 0 aliphatic heterocycles. The molecule has 1 aromatic heterocycles. The molecule has 0 aliphatic rings. The van der Waals surface area contributed by atoms with Crippen LogP contribution in [-0.2, 0) is 16.4 Å². The molecule has 1 heterocycles. The van der Waals surface area contributed by atoms with Crippen LogP contribution in [0.1, 0.15) is 17.0 Å². The van der Waals surface area contributed by atoms with E-state index in [2.05, 4.69) is 14.7 Å². The maximum Gasteiger partial charge on any atom is 0.240 e. The van der Waals surface area contributed by atoms with Crippen LogP contribution in [0.5, 0.6) is 0 Å². The number of hydrogen-bond acceptors (Lipinski definition) is 4. The summed E-state index contributed by atoms with van der Waals surface area (Å²) >= 11 is 4.90. The second kappa shape index (κ2) is 6.33. The number of aryl methyl sites for hydroxylation is 1. The smallest absolute Gasteiger partial charge is 0.240 e. The molecule has 21 heavy (non-hydrogen) atoms. The molecule has 0 atom stereocenters. The second-order valence-electron chi connectivity index (χ2n) is 4.52. The van der Waals surface area contributed by atoms with Gasteiger partial charge in [-0.2, -0.15) is 0 Å². The standard InChI is InChI=1S/C13H16N4O2S2/c1-9-8-10(2-3-11(9)13(14)20)21(18,19)17-5-4-12-15-6-7-16-12/h2-3,6-8,17H,4-5H2,1H3,(H2,14,20)(H,15,16). The lowest BCUT2D eigenvalue weighted by Gasteiger charge is -2.09. The predicted octanol–water partition coefficient (Wildman–Crippen LogP) is 0.873. The van der Waals surface area contributed by atoms with E-state index in [0.717, 1.165) is 11.4 Å². The molecule has 2 rings (SSSR count). The summed E-state index contributed by atoms with van der Waals surface area (Å²) in [6.45, 7) is 2.04. The molecule has 4 N–H and O–H groups in total. The average Bonchev–Trinajstić information content (AvgIpc) is 2.91. The fraction of sp³-hybridized carbons (Fsp3) is 0.231. The molecule has 0 saturated heterocycles. The molecule has 0 bridgehead atoms. The number of H-pyrrole nitrogens is 1. The fourth-order valence-electron chi connectivity index (χ4n) is 1.90. The van der Waals surface area contributed by atoms with E-state index in [-0.39, 0.29) is 16.4 Å². The zero-order valence-electron chi connectivity index (χ0n) is 11.5. The normalized spacial score (nSPS) is 11.5. The summed E-state index contributed by atoms with van der Waals surface area (Å²) in [6.07, 6.45) is 3.82. The minimum Gasteiger partial charge on any atom is -0.389 e. The highest BCUT2D eigenvalue weighted by Crippen LogP contribution is 2.15. The molecule has 1 aromatic carbocycles. The van der Waals surface area contributed by atoms with Crippen molar-refractivity contribution < 1.29 is 8.42 Å². The van der Waals surface area contributed by atoms with Crippen molar-refractivity contribution in [2.24, 2.45) is 5.73 Å². The monoisotopic (exact) mass is 324 g/mol. The van der Waals surface area contributed by atoms with Gasteiger partial charge in [0.25, 0.3) is 0 Å². The zero-order chi connectivity index (χ0) is 15.5. The lowest BCUT2D eigenvalue weighted by molar-refractivity contribution is 0.581. The SMILES string of the molecule is Cc1cc(S(=O)(=O)NCCc2ncc[nH]2)ccc1C(N)=S. The van der Waals surface area contributed by atoms with Gasteiger partial charge in [-0.15, -0.1) is 0 Å². The van der Waals surface area contributed by atoms with Crippen molar-refractivity contribution in [3.05, 3.63) is 47.5 Å². The highest BCUT2D eigenvalue weighted by Gasteiger charge is 2.15. The molecule has 0 saturated carbocycles. The van der Waals surface area contributed by atoms with Crippen LogP contribution in [0.2, 0.25) is 0 Å². The highest BCUT2D eigenvalue weighted by atomic mass is 32.2. The summed E-state index contributed by atoms with van der Waals surface area (Å²) in [5.41, 5.74) is 6.98. The molecular formula is C13H16N4O2S2. The Morgan fingerprint density at radius 3 is 2.81 bits per heavy atom. The molecule has 0 fully saturated rings. The van der Waals surface area contributed by atoms with E-state index in [1.807, 2.05) is 0 Å². The van der Waals surface area contributed by atoms with Crippen molar-refractivity contribution in [1.29, 1.82) is 0 Å². The van der Waals surface area contributed by atoms with Gasteiger partial charge in [0.2, 0.25) is 10.0 Å². The van der Waals surface area contributed by atoms with E-state index in [4.69, 9.17) is 18.0 Å². The molecule has 2 aromatic rings. The van der Waals surface area contributed by atoms with Crippen LogP contribution >= 0.6 is 12.2 Å². The van der Waals surface area contributed by atoms with E-state index in [1.165, 1.54) is 6.07 Å². The van der Waals surface area contributed by atoms with Crippen LogP contribution in [0.25, 0.3) is 0 Å². The second-order valence-corrected chi connectivity index (χ2v) is 6.73. The summed E-state index contributed by atoms with van der Waals surface area (Å²) in [7, 11) is -3.55. The van der Waals surface area contributed by atoms with Crippen LogP contribution in [0.15, 0.2) is 35.5 Å². The zero-order valence-corrected chi connectivity index (χ0v) is 13.1. The molecule has 0 amide bonds. The summed E-state index contributed by atoms with van der Waals surface area (Å²) in [6, 6.07) is 4.68. The summed E-state index contributed by atoms with van der Waals surface area (Å²) in [4.78, 5) is 7.40. The van der Waals surface area contributed by atoms with Crippen LogP contribution < -0.4 is 10.5 Å². The summed E-state index contributed by atoms with van der Waals surface area (Å²) in [5.74, 6) is 0.734. The van der Waals surface area contributed by atoms with Gasteiger partial charge in [0.1, 0.15) is 10.8 Å². The maximum atomic E-state index is 12.2. The first-order valence-electron chi connectivity index (χ1n) is 6.28. The third-order valence-electron chi connectivity index (χ3n) is 2.98. The summed E-state index contributed by atoms with van der Waals surface area (Å²) in [5, 5.41) is 0. The van der Waals surface area contributed by atoms with Crippen molar-refractivity contribution in [2.45, 2.75) is 18.2 Å². The predicted molar refractivity (Wildman–Crippen MR) is 84.5 cm³/mol. The number of sulfonamides is 1. The van der Waals surface area contributed by atoms with Crippen molar-refractivity contribution in [1.82, 2.24) is 14.7 Å². The van der Waals surface area contributed by atoms with Crippen LogP contribution in [0.4, 0.5) is 0 Å². The van der Waals surface area contributed by atoms with Gasteiger partial charge in [0.05, 0.1) is 4.90 Å². The van der Waals surface area contributed by atoms with E-state index < -0.39 is 10.0 Å². The number of benzene rings is 1. The highest BCUT2D eigenvalue weighted by molar-refractivity contribution is 7.89. The first-order chi connectivity index (χ1) is 9.90. The van der Waals surface area contributed by atoms with Gasteiger partial charge >= 0.3 is 0 Å². The molecule has 0 aliphatic carbocycles. The lowest BCUT2D eigenvalue weighted by Crippen LogP contribution is -2.26. The number of aromatic amines is 1. The van der Waals surface area contributed by atoms with E-state index >= 15 is 0 Å². The Hall–Kier alpha value is -1.77. The Morgan fingerprint density at radius 1 is 1.48 bits per heavy atom. The van der Waals surface area contributed by atoms with Gasteiger partial charge in [-0.1, -0.05) is 18.3 Å². The number of thiocarbonyl (C=S) groups is 1. The number of aromatic nitrogens is 2. The van der Waals surface area contributed by atoms with Gasteiger partial charge in [0.15, 0.2) is 0 Å². The topological polar surface area (TPSA) is 101 Å². The van der Waals surface area contributed by atoms with Gasteiger partial charge in [0, 0.05) is 30.9 Å². The molecule has 6 nitrogen and oxygen atoms in total. The van der Waals surface area contributed by atoms with Gasteiger partial charge < -0.3 is 10.7 Å². The number of nitrogens with zero attached hydrogens (tertiary/aromatic N) is 1. The third-order valence-corrected chi connectivity index (χ3v) is 4.66. The van der Waals surface area contributed by atoms with Crippen molar-refractivity contribution >= 4 is 27.2 Å². The van der Waals surface area contributed by atoms with Crippen LogP contribution in [0.3, 0.4) is 0 Å². The Labute approximate surface area is 128 Å². The minimum atomic E-state index is -3.55. The van der Waals surface area contributed by atoms with Gasteiger partial charge in [-0.25, -0.2) is 18.1 Å². The number of rotatable bonds is 6. The van der Waals surface area contributed by atoms with Crippen LogP contribution in [0, 0.1) is 6.92 Å². The largest absolute Gasteiger partial charge is 0.389 e. The molecule has 0 spiro atoms. The van der Waals surface area contributed by atoms with Gasteiger partial charge in [-0.3, -0.25) is 0 Å². The number of imidazole rings is 1. The number of nitrogens with two attached hydrogens (primary N) is 1. The van der Waals surface area contributed by atoms with Gasteiger partial charge in [-0.05, 0) is 24.6 Å². The number of hydrogen-bond donors (Lipinski definition) is 3. The van der Waals surface area contributed by atoms with E-state index in [1.54, 1.807) is 31.5 Å². The molecule has 0 radical (unpaired) electrons. The van der Waals surface area contributed by atoms with Crippen molar-refractivity contribution in [2.75, 3.05) is 6.54 Å². The fourth-order valence-corrected chi connectivity index (χ4v) is 3.25. The molecule has 112 valence electrons. The Morgan fingerprint density at radius 2 is 2.24 bits per heavy atom. The Balaban J connectivity index is 2.08. The van der Waals surface area contributed by atoms with Crippen molar-refractivity contribution in [3.63, 3.8) is 0 Å². The van der Waals surface area contributed by atoms with E-state index in [9.17, 15) is 8.42 Å².